The summed E-state index contributed by atoms with van der Waals surface area (Å²) in [7, 11) is 1.35. The number of benzene rings is 3. The molecule has 0 saturated heterocycles. The molecule has 9 rings (SSSR count). The summed E-state index contributed by atoms with van der Waals surface area (Å²) in [6.07, 6.45) is 2.56. The summed E-state index contributed by atoms with van der Waals surface area (Å²) >= 11 is 5.47. The average Bonchev–Trinajstić information content (AvgIpc) is 4.24. The minimum atomic E-state index is -1.09. The van der Waals surface area contributed by atoms with Crippen molar-refractivity contribution >= 4 is 118 Å². The molecule has 14 nitrogen and oxygen atoms in total. The molecule has 0 radical (unpaired) electrons. The standard InChI is InChI=1S/C16H14F2INO4.C16H14F2INO3.C15H13FINO4/c1-3-24-16(22)8-6-20(11-5-9(11)17)13-7(14(8)21)4-10(18)12(19)15(13)23-2;1-3-23-16(22)9-6-20(12-5-10(12)17)14-7(2)13(19)11(18)4-8(14)15(9)21;1-3-21-15(20)9-5-18-7(2)6-22-14-11(17)10(16)4-8(12(14)18)13(9)19/h4,6,9,11H,3,5H2,1-2H3;4,6,10,12H,3,5H2,1-2H3;4-5,7H,3,6H2,1-2H3/t9-,11+;10-,12+;7-/m000/s1. The van der Waals surface area contributed by atoms with Gasteiger partial charge >= 0.3 is 17.9 Å². The third-order valence-corrected chi connectivity index (χ3v) is 14.8. The predicted octanol–water partition coefficient (Wildman–Crippen LogP) is 9.60. The number of rotatable bonds is 9. The van der Waals surface area contributed by atoms with Gasteiger partial charge in [0.15, 0.2) is 11.5 Å². The molecule has 0 spiro atoms. The second-order valence-corrected chi connectivity index (χ2v) is 19.2. The molecule has 0 unspecified atom stereocenters. The summed E-state index contributed by atoms with van der Waals surface area (Å²) in [6, 6.07) is 2.29. The van der Waals surface area contributed by atoms with Crippen molar-refractivity contribution in [2.75, 3.05) is 33.5 Å². The van der Waals surface area contributed by atoms with Gasteiger partial charge in [0.25, 0.3) is 0 Å². The third kappa shape index (κ3) is 9.81. The van der Waals surface area contributed by atoms with Crippen LogP contribution in [0.3, 0.4) is 0 Å². The lowest BCUT2D eigenvalue weighted by atomic mass is 10.1. The Bertz CT molecular complexity index is 3310. The molecule has 5 atom stereocenters. The second-order valence-electron chi connectivity index (χ2n) is 16.0. The summed E-state index contributed by atoms with van der Waals surface area (Å²) in [5.74, 6) is -3.50. The fourth-order valence-electron chi connectivity index (χ4n) is 7.93. The molecule has 2 saturated carbocycles. The van der Waals surface area contributed by atoms with Crippen molar-refractivity contribution in [3.05, 3.63) is 118 Å². The molecule has 22 heteroatoms. The van der Waals surface area contributed by atoms with Gasteiger partial charge in [-0.15, -0.1) is 0 Å². The Kier molecular flexibility index (Phi) is 15.7. The zero-order valence-electron chi connectivity index (χ0n) is 37.4. The number of fused-ring (bicyclic) bond motifs is 2. The molecule has 0 amide bonds. The Morgan fingerprint density at radius 2 is 1.01 bits per heavy atom. The van der Waals surface area contributed by atoms with E-state index >= 15 is 0 Å². The number of hydrogen-bond donors (Lipinski definition) is 0. The molecule has 0 N–H and O–H groups in total. The van der Waals surface area contributed by atoms with Crippen LogP contribution in [0.2, 0.25) is 0 Å². The summed E-state index contributed by atoms with van der Waals surface area (Å²) in [6.45, 7) is 9.20. The maximum Gasteiger partial charge on any atom is 0.343 e. The quantitative estimate of drug-likeness (QED) is 0.0586. The first kappa shape index (κ1) is 52.0. The Hall–Kier alpha value is -4.86. The zero-order valence-corrected chi connectivity index (χ0v) is 43.9. The van der Waals surface area contributed by atoms with E-state index in [1.54, 1.807) is 59.4 Å². The highest BCUT2D eigenvalue weighted by Crippen LogP contribution is 2.44. The number of aryl methyl sites for hydroxylation is 1. The highest BCUT2D eigenvalue weighted by Gasteiger charge is 2.42. The number of carbonyl (C=O) groups excluding carboxylic acids is 3. The molecule has 4 heterocycles. The highest BCUT2D eigenvalue weighted by atomic mass is 127. The van der Waals surface area contributed by atoms with Crippen LogP contribution in [0, 0.1) is 35.1 Å². The van der Waals surface area contributed by atoms with Crippen LogP contribution in [0.4, 0.5) is 22.0 Å². The number of alkyl halides is 2. The fraction of sp³-hybridized carbons (Fsp3) is 0.362. The Balaban J connectivity index is 0.000000153. The van der Waals surface area contributed by atoms with Gasteiger partial charge in [-0.1, -0.05) is 0 Å². The van der Waals surface area contributed by atoms with Gasteiger partial charge in [0.2, 0.25) is 16.3 Å². The molecule has 366 valence electrons. The molecule has 69 heavy (non-hydrogen) atoms. The van der Waals surface area contributed by atoms with Gasteiger partial charge in [0, 0.05) is 36.8 Å². The number of esters is 3. The fourth-order valence-corrected chi connectivity index (χ4v) is 9.54. The lowest BCUT2D eigenvalue weighted by molar-refractivity contribution is 0.0514. The van der Waals surface area contributed by atoms with Crippen molar-refractivity contribution in [3.8, 4) is 11.5 Å². The number of nitrogens with zero attached hydrogens (tertiary/aromatic N) is 3. The first-order valence-corrected chi connectivity index (χ1v) is 24.6. The Morgan fingerprint density at radius 1 is 0.638 bits per heavy atom. The Labute approximate surface area is 429 Å². The third-order valence-electron chi connectivity index (χ3n) is 11.5. The van der Waals surface area contributed by atoms with Gasteiger partial charge in [0.1, 0.15) is 53.1 Å². The van der Waals surface area contributed by atoms with Gasteiger partial charge in [-0.25, -0.2) is 36.3 Å². The van der Waals surface area contributed by atoms with E-state index in [0.29, 0.717) is 42.5 Å². The SMILES string of the molecule is CCOC(=O)c1cn([C@@H]2C[C@@H]2F)c2c(C)c(I)c(F)cc2c1=O.CCOC(=O)c1cn([C@@H]2C[C@@H]2F)c2c(OC)c(I)c(F)cc2c1=O.CCOC(=O)c1cn2c3c(c(I)c(F)cc3c1=O)OC[C@@H]2C. The topological polar surface area (TPSA) is 163 Å². The minimum absolute atomic E-state index is 0.0329. The molecular formula is C47H41F5I3N3O11. The van der Waals surface area contributed by atoms with Crippen molar-refractivity contribution in [1.29, 1.82) is 0 Å². The van der Waals surface area contributed by atoms with Crippen molar-refractivity contribution in [2.24, 2.45) is 0 Å². The second kappa shape index (κ2) is 20.8. The van der Waals surface area contributed by atoms with E-state index in [-0.39, 0.29) is 80.0 Å². The van der Waals surface area contributed by atoms with E-state index in [0.717, 1.165) is 18.2 Å². The van der Waals surface area contributed by atoms with Crippen LogP contribution in [0.15, 0.2) is 51.2 Å². The molecule has 3 aromatic heterocycles. The highest BCUT2D eigenvalue weighted by molar-refractivity contribution is 14.1. The average molecular weight is 1300 g/mol. The van der Waals surface area contributed by atoms with Gasteiger partial charge < -0.3 is 37.4 Å². The van der Waals surface area contributed by atoms with E-state index in [1.165, 1.54) is 30.3 Å². The van der Waals surface area contributed by atoms with Gasteiger partial charge in [-0.2, -0.15) is 0 Å². The van der Waals surface area contributed by atoms with Crippen molar-refractivity contribution in [3.63, 3.8) is 0 Å². The number of aromatic nitrogens is 3. The maximum absolute atomic E-state index is 14.2. The molecule has 2 fully saturated rings. The maximum atomic E-state index is 14.2. The van der Waals surface area contributed by atoms with Crippen LogP contribution in [0.5, 0.6) is 11.5 Å². The predicted molar refractivity (Wildman–Crippen MR) is 269 cm³/mol. The number of methoxy groups -OCH3 is 1. The molecule has 6 aromatic rings. The first-order valence-electron chi connectivity index (χ1n) is 21.4. The molecule has 1 aliphatic heterocycles. The largest absolute Gasteiger partial charge is 0.493 e. The van der Waals surface area contributed by atoms with Crippen molar-refractivity contribution in [2.45, 2.75) is 77.9 Å². The van der Waals surface area contributed by atoms with Crippen molar-refractivity contribution < 1.29 is 60.0 Å². The number of carbonyl (C=O) groups is 3. The zero-order chi connectivity index (χ0) is 50.5. The normalized spacial score (nSPS) is 18.6. The lowest BCUT2D eigenvalue weighted by Crippen LogP contribution is -2.27. The van der Waals surface area contributed by atoms with Gasteiger partial charge in [-0.05, 0) is 126 Å². The molecule has 3 aliphatic rings. The van der Waals surface area contributed by atoms with Crippen LogP contribution in [0.25, 0.3) is 32.7 Å². The van der Waals surface area contributed by atoms with Crippen molar-refractivity contribution in [1.82, 2.24) is 13.7 Å². The first-order chi connectivity index (χ1) is 32.7. The molecular weight excluding hydrogens is 1260 g/mol. The summed E-state index contributed by atoms with van der Waals surface area (Å²) in [5, 5.41) is 0.171. The smallest absolute Gasteiger partial charge is 0.343 e. The molecule has 2 aliphatic carbocycles. The monoisotopic (exact) mass is 1300 g/mol. The van der Waals surface area contributed by atoms with E-state index in [4.69, 9.17) is 23.7 Å². The molecule has 3 aromatic carbocycles. The van der Waals surface area contributed by atoms with Gasteiger partial charge in [0.05, 0.1) is 83.1 Å². The van der Waals surface area contributed by atoms with Crippen LogP contribution >= 0.6 is 67.8 Å². The number of pyridine rings is 3. The summed E-state index contributed by atoms with van der Waals surface area (Å²) < 4.78 is 101. The minimum Gasteiger partial charge on any atom is -0.493 e. The summed E-state index contributed by atoms with van der Waals surface area (Å²) in [5.41, 5.74) is -0.494. The number of hydrogen-bond acceptors (Lipinski definition) is 11. The number of ether oxygens (including phenoxy) is 5. The van der Waals surface area contributed by atoms with Crippen LogP contribution in [-0.2, 0) is 14.2 Å². The Morgan fingerprint density at radius 3 is 1.43 bits per heavy atom. The van der Waals surface area contributed by atoms with E-state index in [1.807, 2.05) is 52.1 Å². The van der Waals surface area contributed by atoms with E-state index in [9.17, 15) is 50.7 Å². The van der Waals surface area contributed by atoms with Crippen LogP contribution in [-0.4, -0.2) is 77.5 Å². The van der Waals surface area contributed by atoms with E-state index < -0.39 is 76.1 Å². The van der Waals surface area contributed by atoms with E-state index in [2.05, 4.69) is 0 Å². The lowest BCUT2D eigenvalue weighted by Gasteiger charge is -2.27. The van der Waals surface area contributed by atoms with Crippen LogP contribution < -0.4 is 25.8 Å². The molecule has 0 bridgehead atoms. The van der Waals surface area contributed by atoms with Gasteiger partial charge in [-0.3, -0.25) is 14.4 Å². The van der Waals surface area contributed by atoms with Crippen LogP contribution in [0.1, 0.15) is 95.3 Å². The summed E-state index contributed by atoms with van der Waals surface area (Å²) in [4.78, 5) is 73.7. The number of halogens is 8.